The Morgan fingerprint density at radius 1 is 1.53 bits per heavy atom. The first-order valence-electron chi connectivity index (χ1n) is 5.28. The Hall–Kier alpha value is -0.540. The summed E-state index contributed by atoms with van der Waals surface area (Å²) in [4.78, 5) is 0. The van der Waals surface area contributed by atoms with Gasteiger partial charge in [0.2, 0.25) is 0 Å². The number of nitrogens with one attached hydrogen (secondary N) is 1. The predicted octanol–water partition coefficient (Wildman–Crippen LogP) is 3.02. The molecule has 1 aliphatic carbocycles. The minimum atomic E-state index is -0.0831. The highest BCUT2D eigenvalue weighted by molar-refractivity contribution is 9.10. The lowest BCUT2D eigenvalue weighted by Crippen LogP contribution is -2.52. The summed E-state index contributed by atoms with van der Waals surface area (Å²) in [5.74, 6) is 0.719. The van der Waals surface area contributed by atoms with Gasteiger partial charge in [-0.1, -0.05) is 28.9 Å². The fourth-order valence-electron chi connectivity index (χ4n) is 2.42. The van der Waals surface area contributed by atoms with Crippen LogP contribution in [0.1, 0.15) is 19.8 Å². The molecule has 1 aromatic carbocycles. The summed E-state index contributed by atoms with van der Waals surface area (Å²) in [5, 5.41) is 12.8. The average molecular weight is 270 g/mol. The van der Waals surface area contributed by atoms with E-state index in [9.17, 15) is 5.11 Å². The van der Waals surface area contributed by atoms with Crippen molar-refractivity contribution in [3.8, 4) is 0 Å². The Kier molecular flexibility index (Phi) is 3.03. The second-order valence-electron chi connectivity index (χ2n) is 4.59. The second-order valence-corrected chi connectivity index (χ2v) is 5.50. The number of rotatable bonds is 3. The van der Waals surface area contributed by atoms with Gasteiger partial charge in [0.25, 0.3) is 0 Å². The quantitative estimate of drug-likeness (QED) is 0.884. The van der Waals surface area contributed by atoms with Crippen molar-refractivity contribution in [1.29, 1.82) is 0 Å². The molecule has 0 aromatic heterocycles. The van der Waals surface area contributed by atoms with Gasteiger partial charge in [-0.15, -0.1) is 0 Å². The first-order chi connectivity index (χ1) is 7.13. The standard InChI is InChI=1S/C12H16BrNO/c1-9-6-12(7-9,8-15)14-11-4-2-3-10(13)5-11/h2-5,9,14-15H,6-8H2,1H3. The summed E-state index contributed by atoms with van der Waals surface area (Å²) in [7, 11) is 0. The highest BCUT2D eigenvalue weighted by atomic mass is 79.9. The van der Waals surface area contributed by atoms with E-state index in [2.05, 4.69) is 28.2 Å². The third-order valence-corrected chi connectivity index (χ3v) is 3.51. The first-order valence-corrected chi connectivity index (χ1v) is 6.07. The van der Waals surface area contributed by atoms with Gasteiger partial charge in [0.1, 0.15) is 0 Å². The van der Waals surface area contributed by atoms with Gasteiger partial charge in [-0.25, -0.2) is 0 Å². The number of benzene rings is 1. The molecule has 1 fully saturated rings. The lowest BCUT2D eigenvalue weighted by atomic mass is 9.69. The van der Waals surface area contributed by atoms with Gasteiger partial charge >= 0.3 is 0 Å². The molecule has 0 unspecified atom stereocenters. The van der Waals surface area contributed by atoms with Crippen molar-refractivity contribution in [3.05, 3.63) is 28.7 Å². The molecule has 2 rings (SSSR count). The molecule has 82 valence electrons. The molecular formula is C12H16BrNO. The van der Waals surface area contributed by atoms with Crippen LogP contribution in [0.2, 0.25) is 0 Å². The van der Waals surface area contributed by atoms with Crippen molar-refractivity contribution in [2.45, 2.75) is 25.3 Å². The monoisotopic (exact) mass is 269 g/mol. The van der Waals surface area contributed by atoms with Gasteiger partial charge in [-0.2, -0.15) is 0 Å². The number of aliphatic hydroxyl groups is 1. The number of halogens is 1. The topological polar surface area (TPSA) is 32.3 Å². The molecular weight excluding hydrogens is 254 g/mol. The van der Waals surface area contributed by atoms with Crippen molar-refractivity contribution in [2.75, 3.05) is 11.9 Å². The van der Waals surface area contributed by atoms with Gasteiger partial charge in [-0.05, 0) is 37.0 Å². The van der Waals surface area contributed by atoms with E-state index in [4.69, 9.17) is 0 Å². The van der Waals surface area contributed by atoms with Crippen LogP contribution in [-0.4, -0.2) is 17.3 Å². The van der Waals surface area contributed by atoms with E-state index >= 15 is 0 Å². The molecule has 0 bridgehead atoms. The fourth-order valence-corrected chi connectivity index (χ4v) is 2.82. The molecule has 0 atom stereocenters. The zero-order chi connectivity index (χ0) is 10.9. The summed E-state index contributed by atoms with van der Waals surface area (Å²) in [5.41, 5.74) is 0.991. The second kappa shape index (κ2) is 4.14. The number of anilines is 1. The highest BCUT2D eigenvalue weighted by Crippen LogP contribution is 2.39. The molecule has 2 N–H and O–H groups in total. The van der Waals surface area contributed by atoms with E-state index < -0.39 is 0 Å². The minimum Gasteiger partial charge on any atom is -0.394 e. The lowest BCUT2D eigenvalue weighted by Gasteiger charge is -2.46. The molecule has 3 heteroatoms. The van der Waals surface area contributed by atoms with Crippen LogP contribution >= 0.6 is 15.9 Å². The molecule has 1 aromatic rings. The molecule has 1 saturated carbocycles. The molecule has 0 amide bonds. The first kappa shape index (κ1) is 11.0. The summed E-state index contributed by atoms with van der Waals surface area (Å²) >= 11 is 3.44. The maximum absolute atomic E-state index is 9.41. The maximum atomic E-state index is 9.41. The Bertz CT molecular complexity index is 347. The van der Waals surface area contributed by atoms with Crippen LogP contribution in [0.25, 0.3) is 0 Å². The third-order valence-electron chi connectivity index (χ3n) is 3.02. The van der Waals surface area contributed by atoms with Gasteiger partial charge < -0.3 is 10.4 Å². The zero-order valence-corrected chi connectivity index (χ0v) is 10.4. The van der Waals surface area contributed by atoms with Crippen molar-refractivity contribution < 1.29 is 5.11 Å². The van der Waals surface area contributed by atoms with Crippen LogP contribution in [0.15, 0.2) is 28.7 Å². The molecule has 0 radical (unpaired) electrons. The summed E-state index contributed by atoms with van der Waals surface area (Å²) in [6.07, 6.45) is 2.10. The van der Waals surface area contributed by atoms with Gasteiger partial charge in [0, 0.05) is 10.2 Å². The third kappa shape index (κ3) is 2.34. The van der Waals surface area contributed by atoms with E-state index in [1.165, 1.54) is 0 Å². The normalized spacial score (nSPS) is 29.7. The van der Waals surface area contributed by atoms with Crippen molar-refractivity contribution in [1.82, 2.24) is 0 Å². The fraction of sp³-hybridized carbons (Fsp3) is 0.500. The van der Waals surface area contributed by atoms with Crippen LogP contribution in [-0.2, 0) is 0 Å². The van der Waals surface area contributed by atoms with Gasteiger partial charge in [-0.3, -0.25) is 0 Å². The number of hydrogen-bond acceptors (Lipinski definition) is 2. The molecule has 2 nitrogen and oxygen atoms in total. The molecule has 0 spiro atoms. The Labute approximate surface area is 98.8 Å². The van der Waals surface area contributed by atoms with Crippen LogP contribution in [0.5, 0.6) is 0 Å². The zero-order valence-electron chi connectivity index (χ0n) is 8.83. The predicted molar refractivity (Wildman–Crippen MR) is 66.0 cm³/mol. The molecule has 0 saturated heterocycles. The largest absolute Gasteiger partial charge is 0.394 e. The van der Waals surface area contributed by atoms with E-state index in [1.54, 1.807) is 0 Å². The molecule has 0 aliphatic heterocycles. The highest BCUT2D eigenvalue weighted by Gasteiger charge is 2.41. The van der Waals surface area contributed by atoms with Crippen molar-refractivity contribution >= 4 is 21.6 Å². The number of aliphatic hydroxyl groups excluding tert-OH is 1. The summed E-state index contributed by atoms with van der Waals surface area (Å²) in [6.45, 7) is 2.43. The van der Waals surface area contributed by atoms with Gasteiger partial charge in [0.15, 0.2) is 0 Å². The smallest absolute Gasteiger partial charge is 0.0661 e. The summed E-state index contributed by atoms with van der Waals surface area (Å²) < 4.78 is 1.06. The SMILES string of the molecule is CC1CC(CO)(Nc2cccc(Br)c2)C1. The lowest BCUT2D eigenvalue weighted by molar-refractivity contribution is 0.0992. The number of hydrogen-bond donors (Lipinski definition) is 2. The van der Waals surface area contributed by atoms with Crippen LogP contribution in [0.3, 0.4) is 0 Å². The van der Waals surface area contributed by atoms with E-state index in [1.807, 2.05) is 24.3 Å². The Balaban J connectivity index is 2.07. The van der Waals surface area contributed by atoms with Crippen molar-refractivity contribution in [3.63, 3.8) is 0 Å². The van der Waals surface area contributed by atoms with Crippen molar-refractivity contribution in [2.24, 2.45) is 5.92 Å². The maximum Gasteiger partial charge on any atom is 0.0661 e. The van der Waals surface area contributed by atoms with Crippen LogP contribution < -0.4 is 5.32 Å². The Morgan fingerprint density at radius 3 is 2.80 bits per heavy atom. The average Bonchev–Trinajstić information content (AvgIpc) is 2.15. The van der Waals surface area contributed by atoms with E-state index in [0.717, 1.165) is 28.9 Å². The van der Waals surface area contributed by atoms with Crippen LogP contribution in [0.4, 0.5) is 5.69 Å². The minimum absolute atomic E-state index is 0.0831. The van der Waals surface area contributed by atoms with E-state index in [-0.39, 0.29) is 12.1 Å². The van der Waals surface area contributed by atoms with Gasteiger partial charge in [0.05, 0.1) is 12.1 Å². The molecule has 1 aliphatic rings. The molecule has 15 heavy (non-hydrogen) atoms. The Morgan fingerprint density at radius 2 is 2.27 bits per heavy atom. The summed E-state index contributed by atoms with van der Waals surface area (Å²) in [6, 6.07) is 8.07. The molecule has 0 heterocycles. The van der Waals surface area contributed by atoms with Crippen LogP contribution in [0, 0.1) is 5.92 Å². The van der Waals surface area contributed by atoms with E-state index in [0.29, 0.717) is 0 Å².